The summed E-state index contributed by atoms with van der Waals surface area (Å²) in [6, 6.07) is 9.79. The first-order valence-electron chi connectivity index (χ1n) is 6.70. The van der Waals surface area contributed by atoms with Gasteiger partial charge in [0, 0.05) is 12.6 Å². The number of rotatable bonds is 3. The summed E-state index contributed by atoms with van der Waals surface area (Å²) in [4.78, 5) is 14.2. The number of thioether (sulfide) groups is 1. The van der Waals surface area contributed by atoms with E-state index in [1.54, 1.807) is 36.4 Å². The van der Waals surface area contributed by atoms with Crippen LogP contribution in [0.3, 0.4) is 0 Å². The molecular formula is C16H12FNO2S2. The van der Waals surface area contributed by atoms with Gasteiger partial charge >= 0.3 is 0 Å². The molecule has 1 aromatic carbocycles. The standard InChI is InChI=1S/C16H12FNO2S2/c1-2-18-15(19)14(22-16(18)21)9-10-7-8-13(20-10)11-5-3-4-6-12(11)17/h3-9H,2H2,1H3/b14-9+. The summed E-state index contributed by atoms with van der Waals surface area (Å²) >= 11 is 6.40. The number of thiocarbonyl (C=S) groups is 1. The number of hydrogen-bond donors (Lipinski definition) is 0. The fourth-order valence-corrected chi connectivity index (χ4v) is 3.50. The Balaban J connectivity index is 1.90. The van der Waals surface area contributed by atoms with Crippen LogP contribution >= 0.6 is 24.0 Å². The molecule has 22 heavy (non-hydrogen) atoms. The van der Waals surface area contributed by atoms with Crippen molar-refractivity contribution >= 4 is 40.3 Å². The second kappa shape index (κ2) is 6.06. The van der Waals surface area contributed by atoms with Crippen LogP contribution in [-0.4, -0.2) is 21.7 Å². The lowest BCUT2D eigenvalue weighted by Gasteiger charge is -2.09. The summed E-state index contributed by atoms with van der Waals surface area (Å²) in [5, 5.41) is 0. The lowest BCUT2D eigenvalue weighted by molar-refractivity contribution is -0.121. The predicted octanol–water partition coefficient (Wildman–Crippen LogP) is 4.31. The van der Waals surface area contributed by atoms with Crippen LogP contribution in [0.4, 0.5) is 4.39 Å². The van der Waals surface area contributed by atoms with Crippen LogP contribution in [0.15, 0.2) is 45.7 Å². The van der Waals surface area contributed by atoms with Crippen molar-refractivity contribution < 1.29 is 13.6 Å². The highest BCUT2D eigenvalue weighted by atomic mass is 32.2. The molecule has 3 nitrogen and oxygen atoms in total. The molecule has 0 saturated carbocycles. The number of hydrogen-bond acceptors (Lipinski definition) is 4. The van der Waals surface area contributed by atoms with Gasteiger partial charge in [0.25, 0.3) is 5.91 Å². The second-order valence-electron chi connectivity index (χ2n) is 4.61. The molecule has 1 saturated heterocycles. The van der Waals surface area contributed by atoms with E-state index in [0.717, 1.165) is 0 Å². The number of amides is 1. The fraction of sp³-hybridized carbons (Fsp3) is 0.125. The van der Waals surface area contributed by atoms with E-state index < -0.39 is 0 Å². The molecule has 0 radical (unpaired) electrons. The van der Waals surface area contributed by atoms with Gasteiger partial charge < -0.3 is 4.42 Å². The molecule has 0 N–H and O–H groups in total. The highest BCUT2D eigenvalue weighted by molar-refractivity contribution is 8.26. The largest absolute Gasteiger partial charge is 0.457 e. The normalized spacial score (nSPS) is 16.8. The Morgan fingerprint density at radius 1 is 1.32 bits per heavy atom. The van der Waals surface area contributed by atoms with Gasteiger partial charge in [0.15, 0.2) is 0 Å². The van der Waals surface area contributed by atoms with Crippen molar-refractivity contribution in [3.63, 3.8) is 0 Å². The van der Waals surface area contributed by atoms with Gasteiger partial charge in [-0.25, -0.2) is 4.39 Å². The number of halogens is 1. The smallest absolute Gasteiger partial charge is 0.266 e. The molecule has 0 unspecified atom stereocenters. The summed E-state index contributed by atoms with van der Waals surface area (Å²) in [6.07, 6.45) is 1.64. The summed E-state index contributed by atoms with van der Waals surface area (Å²) < 4.78 is 19.9. The molecule has 1 amide bonds. The molecule has 0 atom stereocenters. The minimum Gasteiger partial charge on any atom is -0.457 e. The van der Waals surface area contributed by atoms with Crippen molar-refractivity contribution in [2.45, 2.75) is 6.92 Å². The minimum atomic E-state index is -0.347. The van der Waals surface area contributed by atoms with E-state index in [1.807, 2.05) is 6.92 Å². The minimum absolute atomic E-state index is 0.124. The first-order chi connectivity index (χ1) is 10.6. The van der Waals surface area contributed by atoms with Crippen molar-refractivity contribution in [1.82, 2.24) is 4.90 Å². The Bertz CT molecular complexity index is 782. The van der Waals surface area contributed by atoms with Gasteiger partial charge in [-0.2, -0.15) is 0 Å². The van der Waals surface area contributed by atoms with E-state index in [9.17, 15) is 9.18 Å². The first-order valence-corrected chi connectivity index (χ1v) is 7.92. The number of likely N-dealkylation sites (N-methyl/N-ethyl adjacent to an activating group) is 1. The molecule has 1 aliphatic rings. The first kappa shape index (κ1) is 15.0. The highest BCUT2D eigenvalue weighted by Crippen LogP contribution is 2.33. The molecule has 6 heteroatoms. The third-order valence-electron chi connectivity index (χ3n) is 3.23. The molecule has 1 fully saturated rings. The van der Waals surface area contributed by atoms with Crippen molar-refractivity contribution in [3.05, 3.63) is 52.9 Å². The number of furan rings is 1. The quantitative estimate of drug-likeness (QED) is 0.619. The maximum atomic E-state index is 13.7. The van der Waals surface area contributed by atoms with Gasteiger partial charge in [0.1, 0.15) is 21.7 Å². The zero-order valence-corrected chi connectivity index (χ0v) is 13.3. The van der Waals surface area contributed by atoms with Crippen LogP contribution in [0, 0.1) is 5.82 Å². The molecule has 1 aliphatic heterocycles. The molecule has 2 heterocycles. The van der Waals surface area contributed by atoms with Crippen LogP contribution in [0.2, 0.25) is 0 Å². The predicted molar refractivity (Wildman–Crippen MR) is 89.7 cm³/mol. The maximum absolute atomic E-state index is 13.7. The van der Waals surface area contributed by atoms with E-state index in [2.05, 4.69) is 0 Å². The van der Waals surface area contributed by atoms with Gasteiger partial charge in [-0.15, -0.1) is 0 Å². The summed E-state index contributed by atoms with van der Waals surface area (Å²) in [6.45, 7) is 2.41. The molecule has 1 aromatic heterocycles. The van der Waals surface area contributed by atoms with Gasteiger partial charge in [-0.1, -0.05) is 36.1 Å². The third-order valence-corrected chi connectivity index (χ3v) is 4.61. The molecule has 112 valence electrons. The van der Waals surface area contributed by atoms with E-state index in [4.69, 9.17) is 16.6 Å². The molecule has 0 aliphatic carbocycles. The average molecular weight is 333 g/mol. The number of carbonyl (C=O) groups is 1. The van der Waals surface area contributed by atoms with E-state index >= 15 is 0 Å². The molecule has 0 spiro atoms. The molecule has 0 bridgehead atoms. The molecule has 2 aromatic rings. The Labute approximate surface area is 136 Å². The summed E-state index contributed by atoms with van der Waals surface area (Å²) in [5.41, 5.74) is 0.392. The van der Waals surface area contributed by atoms with Crippen LogP contribution < -0.4 is 0 Å². The topological polar surface area (TPSA) is 33.5 Å². The fourth-order valence-electron chi connectivity index (χ4n) is 2.14. The maximum Gasteiger partial charge on any atom is 0.266 e. The van der Waals surface area contributed by atoms with E-state index in [0.29, 0.717) is 32.9 Å². The van der Waals surface area contributed by atoms with Crippen LogP contribution in [0.1, 0.15) is 12.7 Å². The Hall–Kier alpha value is -1.92. The lowest BCUT2D eigenvalue weighted by atomic mass is 10.1. The van der Waals surface area contributed by atoms with Crippen molar-refractivity contribution in [1.29, 1.82) is 0 Å². The van der Waals surface area contributed by atoms with Gasteiger partial charge in [-0.05, 0) is 31.2 Å². The zero-order valence-electron chi connectivity index (χ0n) is 11.7. The van der Waals surface area contributed by atoms with E-state index in [1.165, 1.54) is 22.7 Å². The number of carbonyl (C=O) groups excluding carboxylic acids is 1. The SMILES string of the molecule is CCN1C(=O)/C(=C\c2ccc(-c3ccccc3F)o2)SC1=S. The second-order valence-corrected chi connectivity index (χ2v) is 6.28. The van der Waals surface area contributed by atoms with Gasteiger partial charge in [-0.3, -0.25) is 9.69 Å². The van der Waals surface area contributed by atoms with Crippen LogP contribution in [-0.2, 0) is 4.79 Å². The van der Waals surface area contributed by atoms with Crippen LogP contribution in [0.25, 0.3) is 17.4 Å². The molecule has 3 rings (SSSR count). The number of nitrogens with zero attached hydrogens (tertiary/aromatic N) is 1. The molecular weight excluding hydrogens is 321 g/mol. The monoisotopic (exact) mass is 333 g/mol. The highest BCUT2D eigenvalue weighted by Gasteiger charge is 2.30. The van der Waals surface area contributed by atoms with Crippen molar-refractivity contribution in [3.8, 4) is 11.3 Å². The third kappa shape index (κ3) is 2.71. The van der Waals surface area contributed by atoms with Gasteiger partial charge in [0.05, 0.1) is 10.5 Å². The van der Waals surface area contributed by atoms with E-state index in [-0.39, 0.29) is 11.7 Å². The Morgan fingerprint density at radius 2 is 2.09 bits per heavy atom. The Kier molecular flexibility index (Phi) is 4.13. The van der Waals surface area contributed by atoms with Crippen LogP contribution in [0.5, 0.6) is 0 Å². The van der Waals surface area contributed by atoms with Gasteiger partial charge in [0.2, 0.25) is 0 Å². The zero-order chi connectivity index (χ0) is 15.7. The van der Waals surface area contributed by atoms with Crippen molar-refractivity contribution in [2.75, 3.05) is 6.54 Å². The van der Waals surface area contributed by atoms with Crippen molar-refractivity contribution in [2.24, 2.45) is 0 Å². The average Bonchev–Trinajstić information content (AvgIpc) is 3.05. The lowest BCUT2D eigenvalue weighted by Crippen LogP contribution is -2.27. The summed E-state index contributed by atoms with van der Waals surface area (Å²) in [7, 11) is 0. The summed E-state index contributed by atoms with van der Waals surface area (Å²) in [5.74, 6) is 0.451. The Morgan fingerprint density at radius 3 is 2.77 bits per heavy atom. The number of benzene rings is 1.